The Kier molecular flexibility index (Phi) is 6.69. The number of anilines is 1. The number of rotatable bonds is 7. The Balaban J connectivity index is 1.46. The molecule has 4 aromatic rings. The van der Waals surface area contributed by atoms with Gasteiger partial charge in [0.25, 0.3) is 0 Å². The molecule has 0 aliphatic rings. The van der Waals surface area contributed by atoms with Gasteiger partial charge in [0.1, 0.15) is 11.6 Å². The van der Waals surface area contributed by atoms with Gasteiger partial charge in [-0.3, -0.25) is 0 Å². The molecule has 0 bridgehead atoms. The van der Waals surface area contributed by atoms with Crippen LogP contribution in [-0.4, -0.2) is 19.6 Å². The van der Waals surface area contributed by atoms with Crippen molar-refractivity contribution in [2.24, 2.45) is 0 Å². The maximum absolute atomic E-state index is 13.9. The molecule has 6 heteroatoms. The first-order chi connectivity index (χ1) is 15.2. The Morgan fingerprint density at radius 2 is 1.45 bits per heavy atom. The molecular weight excluding hydrogens is 407 g/mol. The van der Waals surface area contributed by atoms with Crippen molar-refractivity contribution in [1.82, 2.24) is 14.5 Å². The largest absolute Gasteiger partial charge is 0.340 e. The average molecular weight is 431 g/mol. The number of aromatic nitrogens is 2. The van der Waals surface area contributed by atoms with E-state index in [1.54, 1.807) is 18.5 Å². The van der Waals surface area contributed by atoms with Crippen LogP contribution >= 0.6 is 12.2 Å². The number of halogens is 1. The lowest BCUT2D eigenvalue weighted by Gasteiger charge is -2.25. The smallest absolute Gasteiger partial charge is 0.175 e. The van der Waals surface area contributed by atoms with Crippen molar-refractivity contribution in [1.29, 1.82) is 0 Å². The number of imidazole rings is 1. The third-order valence-electron chi connectivity index (χ3n) is 4.90. The monoisotopic (exact) mass is 430 g/mol. The molecule has 156 valence electrons. The Bertz CT molecular complexity index is 1090. The number of nitrogens with one attached hydrogen (secondary N) is 1. The summed E-state index contributed by atoms with van der Waals surface area (Å²) in [7, 11) is 0. The van der Waals surface area contributed by atoms with Gasteiger partial charge in [-0.25, -0.2) is 9.37 Å². The van der Waals surface area contributed by atoms with E-state index in [4.69, 9.17) is 12.2 Å². The van der Waals surface area contributed by atoms with E-state index in [0.29, 0.717) is 36.1 Å². The molecule has 1 N–H and O–H groups in total. The summed E-state index contributed by atoms with van der Waals surface area (Å²) in [5.41, 5.74) is 2.96. The zero-order valence-corrected chi connectivity index (χ0v) is 17.8. The molecule has 31 heavy (non-hydrogen) atoms. The third-order valence-corrected chi connectivity index (χ3v) is 5.26. The number of hydrogen-bond acceptors (Lipinski definition) is 2. The van der Waals surface area contributed by atoms with E-state index < -0.39 is 0 Å². The highest BCUT2D eigenvalue weighted by Crippen LogP contribution is 2.14. The molecule has 0 aliphatic heterocycles. The molecule has 1 aromatic heterocycles. The predicted molar refractivity (Wildman–Crippen MR) is 126 cm³/mol. The van der Waals surface area contributed by atoms with Crippen LogP contribution in [0.1, 0.15) is 16.7 Å². The second-order valence-electron chi connectivity index (χ2n) is 7.28. The molecule has 0 unspecified atom stereocenters. The zero-order chi connectivity index (χ0) is 21.5. The van der Waals surface area contributed by atoms with Gasteiger partial charge < -0.3 is 14.8 Å². The Morgan fingerprint density at radius 1 is 0.871 bits per heavy atom. The highest BCUT2D eigenvalue weighted by molar-refractivity contribution is 7.80. The Morgan fingerprint density at radius 3 is 2.06 bits per heavy atom. The van der Waals surface area contributed by atoms with E-state index >= 15 is 0 Å². The van der Waals surface area contributed by atoms with Gasteiger partial charge in [-0.05, 0) is 29.4 Å². The predicted octanol–water partition coefficient (Wildman–Crippen LogP) is 5.47. The number of benzene rings is 3. The summed E-state index contributed by atoms with van der Waals surface area (Å²) in [4.78, 5) is 6.50. The van der Waals surface area contributed by atoms with Crippen molar-refractivity contribution in [3.8, 4) is 0 Å². The molecule has 0 atom stereocenters. The summed E-state index contributed by atoms with van der Waals surface area (Å²) in [5, 5.41) is 3.82. The molecule has 0 radical (unpaired) electrons. The highest BCUT2D eigenvalue weighted by Gasteiger charge is 2.13. The maximum Gasteiger partial charge on any atom is 0.175 e. The van der Waals surface area contributed by atoms with Crippen LogP contribution in [0.2, 0.25) is 0 Å². The van der Waals surface area contributed by atoms with Gasteiger partial charge >= 0.3 is 0 Å². The lowest BCUT2D eigenvalue weighted by molar-refractivity contribution is 0.413. The van der Waals surface area contributed by atoms with E-state index in [1.165, 1.54) is 17.2 Å². The van der Waals surface area contributed by atoms with E-state index in [-0.39, 0.29) is 5.82 Å². The van der Waals surface area contributed by atoms with Crippen LogP contribution in [0.5, 0.6) is 0 Å². The first-order valence-electron chi connectivity index (χ1n) is 10.1. The number of nitrogens with zero attached hydrogens (tertiary/aromatic N) is 3. The van der Waals surface area contributed by atoms with Gasteiger partial charge in [-0.15, -0.1) is 0 Å². The fourth-order valence-electron chi connectivity index (χ4n) is 3.33. The van der Waals surface area contributed by atoms with Crippen molar-refractivity contribution < 1.29 is 4.39 Å². The molecule has 0 spiro atoms. The van der Waals surface area contributed by atoms with Crippen molar-refractivity contribution in [3.63, 3.8) is 0 Å². The molecule has 4 rings (SSSR count). The number of thiocarbonyl (C=S) groups is 1. The summed E-state index contributed by atoms with van der Waals surface area (Å²) >= 11 is 5.72. The summed E-state index contributed by atoms with van der Waals surface area (Å²) in [6, 6.07) is 27.2. The van der Waals surface area contributed by atoms with Gasteiger partial charge in [0.15, 0.2) is 5.11 Å². The first-order valence-corrected chi connectivity index (χ1v) is 10.5. The second-order valence-corrected chi connectivity index (χ2v) is 7.67. The van der Waals surface area contributed by atoms with Crippen LogP contribution < -0.4 is 5.32 Å². The van der Waals surface area contributed by atoms with Crippen molar-refractivity contribution in [3.05, 3.63) is 120 Å². The van der Waals surface area contributed by atoms with E-state index in [9.17, 15) is 4.39 Å². The summed E-state index contributed by atoms with van der Waals surface area (Å²) < 4.78 is 15.8. The minimum atomic E-state index is -0.224. The van der Waals surface area contributed by atoms with Crippen molar-refractivity contribution in [2.75, 3.05) is 5.32 Å². The van der Waals surface area contributed by atoms with Crippen molar-refractivity contribution >= 4 is 23.1 Å². The minimum absolute atomic E-state index is 0.224. The molecular formula is C25H23FN4S. The number of hydrogen-bond donors (Lipinski definition) is 1. The second kappa shape index (κ2) is 10.00. The van der Waals surface area contributed by atoms with Crippen LogP contribution in [0.4, 0.5) is 10.2 Å². The molecule has 0 saturated carbocycles. The van der Waals surface area contributed by atoms with Gasteiger partial charge in [0, 0.05) is 24.8 Å². The molecule has 0 saturated heterocycles. The first kappa shape index (κ1) is 20.8. The quantitative estimate of drug-likeness (QED) is 0.394. The SMILES string of the molecule is Fc1ccccc1Cn1cnc(NC(=S)N(Cc2ccccc2)Cc2ccccc2)c1. The molecule has 0 amide bonds. The fraction of sp³-hybridized carbons (Fsp3) is 0.120. The lowest BCUT2D eigenvalue weighted by atomic mass is 10.2. The van der Waals surface area contributed by atoms with Crippen LogP contribution in [0.15, 0.2) is 97.5 Å². The molecule has 0 fully saturated rings. The standard InChI is InChI=1S/C25H23FN4S/c26-23-14-8-7-13-22(23)17-29-18-24(27-19-29)28-25(31)30(15-20-9-3-1-4-10-20)16-21-11-5-2-6-12-21/h1-14,18-19H,15-17H2,(H,28,31). The lowest BCUT2D eigenvalue weighted by Crippen LogP contribution is -2.33. The molecule has 4 nitrogen and oxygen atoms in total. The van der Waals surface area contributed by atoms with Gasteiger partial charge in [-0.2, -0.15) is 0 Å². The van der Waals surface area contributed by atoms with E-state index in [1.807, 2.05) is 53.2 Å². The summed E-state index contributed by atoms with van der Waals surface area (Å²) in [6.45, 7) is 1.76. The van der Waals surface area contributed by atoms with E-state index in [2.05, 4.69) is 39.5 Å². The van der Waals surface area contributed by atoms with Crippen molar-refractivity contribution in [2.45, 2.75) is 19.6 Å². The topological polar surface area (TPSA) is 33.1 Å². The van der Waals surface area contributed by atoms with Crippen LogP contribution in [0.25, 0.3) is 0 Å². The van der Waals surface area contributed by atoms with Gasteiger partial charge in [0.05, 0.1) is 12.9 Å². The Hall–Kier alpha value is -3.51. The van der Waals surface area contributed by atoms with Gasteiger partial charge in [-0.1, -0.05) is 78.9 Å². The van der Waals surface area contributed by atoms with Crippen LogP contribution in [-0.2, 0) is 19.6 Å². The molecule has 0 aliphatic carbocycles. The van der Waals surface area contributed by atoms with Gasteiger partial charge in [0.2, 0.25) is 0 Å². The minimum Gasteiger partial charge on any atom is -0.340 e. The zero-order valence-electron chi connectivity index (χ0n) is 17.0. The summed E-state index contributed by atoms with van der Waals surface area (Å²) in [5.74, 6) is 0.408. The average Bonchev–Trinajstić information content (AvgIpc) is 3.23. The molecule has 3 aromatic carbocycles. The third kappa shape index (κ3) is 5.77. The highest BCUT2D eigenvalue weighted by atomic mass is 32.1. The Labute approximate surface area is 187 Å². The molecule has 1 heterocycles. The van der Waals surface area contributed by atoms with E-state index in [0.717, 1.165) is 0 Å². The normalized spacial score (nSPS) is 10.6. The van der Waals surface area contributed by atoms with Crippen LogP contribution in [0.3, 0.4) is 0 Å². The van der Waals surface area contributed by atoms with Crippen LogP contribution in [0, 0.1) is 5.82 Å². The summed E-state index contributed by atoms with van der Waals surface area (Å²) in [6.07, 6.45) is 3.51. The maximum atomic E-state index is 13.9. The fourth-order valence-corrected chi connectivity index (χ4v) is 3.56.